The molecule has 2 aromatic carbocycles. The summed E-state index contributed by atoms with van der Waals surface area (Å²) >= 11 is 0. The quantitative estimate of drug-likeness (QED) is 0.591. The number of anilines is 1. The fraction of sp³-hybridized carbons (Fsp3) is 0.478. The zero-order valence-corrected chi connectivity index (χ0v) is 16.2. The number of hydrogen-bond donors (Lipinski definition) is 1. The molecule has 2 aromatic rings. The Morgan fingerprint density at radius 2 is 1.89 bits per heavy atom. The van der Waals surface area contributed by atoms with Crippen molar-refractivity contribution in [3.05, 3.63) is 58.7 Å². The van der Waals surface area contributed by atoms with E-state index in [0.717, 1.165) is 70.0 Å². The summed E-state index contributed by atoms with van der Waals surface area (Å²) in [5.41, 5.74) is 12.8. The number of nitrogens with zero attached hydrogens (tertiary/aromatic N) is 1. The molecule has 4 rings (SSSR count). The lowest BCUT2D eigenvalue weighted by Gasteiger charge is -2.42. The Kier molecular flexibility index (Phi) is 5.65. The van der Waals surface area contributed by atoms with E-state index in [1.165, 1.54) is 22.3 Å². The van der Waals surface area contributed by atoms with Gasteiger partial charge in [-0.25, -0.2) is 0 Å². The molecule has 2 N–H and O–H groups in total. The Morgan fingerprint density at radius 1 is 1.07 bits per heavy atom. The van der Waals surface area contributed by atoms with Gasteiger partial charge in [-0.05, 0) is 61.4 Å². The van der Waals surface area contributed by atoms with E-state index in [4.69, 9.17) is 15.2 Å². The molecule has 2 aliphatic heterocycles. The molecule has 0 spiro atoms. The second kappa shape index (κ2) is 8.32. The smallest absolute Gasteiger partial charge is 0.122 e. The maximum Gasteiger partial charge on any atom is 0.122 e. The molecule has 144 valence electrons. The molecule has 2 aliphatic rings. The monoisotopic (exact) mass is 366 g/mol. The SMILES string of the molecule is CCOCCCCOc1cccc2c1CC1c3c(N)cccc3CCN1C2. The van der Waals surface area contributed by atoms with Crippen LogP contribution in [0.25, 0.3) is 0 Å². The molecule has 0 saturated carbocycles. The van der Waals surface area contributed by atoms with Gasteiger partial charge in [0.1, 0.15) is 5.75 Å². The summed E-state index contributed by atoms with van der Waals surface area (Å²) in [7, 11) is 0. The topological polar surface area (TPSA) is 47.7 Å². The van der Waals surface area contributed by atoms with Crippen molar-refractivity contribution in [2.45, 2.75) is 45.2 Å². The first-order valence-corrected chi connectivity index (χ1v) is 10.2. The van der Waals surface area contributed by atoms with Gasteiger partial charge in [-0.2, -0.15) is 0 Å². The van der Waals surface area contributed by atoms with Gasteiger partial charge in [0.15, 0.2) is 0 Å². The van der Waals surface area contributed by atoms with Crippen LogP contribution in [0.15, 0.2) is 36.4 Å². The average Bonchev–Trinajstić information content (AvgIpc) is 2.69. The third-order valence-corrected chi connectivity index (χ3v) is 5.82. The fourth-order valence-corrected chi connectivity index (χ4v) is 4.45. The van der Waals surface area contributed by atoms with E-state index < -0.39 is 0 Å². The summed E-state index contributed by atoms with van der Waals surface area (Å²) in [4.78, 5) is 2.58. The van der Waals surface area contributed by atoms with E-state index in [1.54, 1.807) is 0 Å². The van der Waals surface area contributed by atoms with Crippen LogP contribution in [0.1, 0.15) is 48.1 Å². The van der Waals surface area contributed by atoms with Crippen LogP contribution in [-0.2, 0) is 24.1 Å². The first-order valence-electron chi connectivity index (χ1n) is 10.2. The van der Waals surface area contributed by atoms with Crippen LogP contribution in [0.2, 0.25) is 0 Å². The highest BCUT2D eigenvalue weighted by Gasteiger charge is 2.34. The standard InChI is InChI=1S/C23H30N2O2/c1-2-26-13-3-4-14-27-22-10-6-8-18-16-25-12-11-17-7-5-9-20(24)23(17)21(25)15-19(18)22/h5-10,21H,2-4,11-16,24H2,1H3. The lowest BCUT2D eigenvalue weighted by molar-refractivity contribution is 0.138. The van der Waals surface area contributed by atoms with Crippen molar-refractivity contribution in [2.75, 3.05) is 32.1 Å². The van der Waals surface area contributed by atoms with E-state index in [0.29, 0.717) is 6.04 Å². The number of nitrogens with two attached hydrogens (primary N) is 1. The lowest BCUT2D eigenvalue weighted by Crippen LogP contribution is -2.39. The molecule has 0 fully saturated rings. The number of benzene rings is 2. The summed E-state index contributed by atoms with van der Waals surface area (Å²) in [6.45, 7) is 6.47. The van der Waals surface area contributed by atoms with Gasteiger partial charge in [0.25, 0.3) is 0 Å². The van der Waals surface area contributed by atoms with Crippen LogP contribution < -0.4 is 10.5 Å². The largest absolute Gasteiger partial charge is 0.493 e. The van der Waals surface area contributed by atoms with E-state index in [2.05, 4.69) is 35.2 Å². The third-order valence-electron chi connectivity index (χ3n) is 5.82. The van der Waals surface area contributed by atoms with E-state index in [1.807, 2.05) is 13.0 Å². The van der Waals surface area contributed by atoms with Crippen LogP contribution in [0.3, 0.4) is 0 Å². The Bertz CT molecular complexity index is 790. The Balaban J connectivity index is 1.50. The molecule has 0 saturated heterocycles. The van der Waals surface area contributed by atoms with Gasteiger partial charge in [0, 0.05) is 43.6 Å². The molecule has 1 unspecified atom stereocenters. The van der Waals surface area contributed by atoms with Crippen LogP contribution in [0, 0.1) is 0 Å². The van der Waals surface area contributed by atoms with Gasteiger partial charge >= 0.3 is 0 Å². The minimum Gasteiger partial charge on any atom is -0.493 e. The molecule has 27 heavy (non-hydrogen) atoms. The summed E-state index contributed by atoms with van der Waals surface area (Å²) in [5, 5.41) is 0. The molecule has 4 nitrogen and oxygen atoms in total. The van der Waals surface area contributed by atoms with Crippen molar-refractivity contribution in [3.63, 3.8) is 0 Å². The van der Waals surface area contributed by atoms with Crippen LogP contribution in [0.5, 0.6) is 5.75 Å². The first kappa shape index (κ1) is 18.3. The highest BCUT2D eigenvalue weighted by atomic mass is 16.5. The number of unbranched alkanes of at least 4 members (excludes halogenated alkanes) is 1. The second-order valence-corrected chi connectivity index (χ2v) is 7.51. The minimum atomic E-state index is 0.366. The normalized spacial score (nSPS) is 18.5. The van der Waals surface area contributed by atoms with Gasteiger partial charge in [-0.15, -0.1) is 0 Å². The predicted octanol–water partition coefficient (Wildman–Crippen LogP) is 4.12. The molecule has 0 amide bonds. The Morgan fingerprint density at radius 3 is 2.78 bits per heavy atom. The van der Waals surface area contributed by atoms with Crippen molar-refractivity contribution in [1.82, 2.24) is 4.90 Å². The molecular formula is C23H30N2O2. The zero-order chi connectivity index (χ0) is 18.6. The van der Waals surface area contributed by atoms with Crippen LogP contribution >= 0.6 is 0 Å². The number of hydrogen-bond acceptors (Lipinski definition) is 4. The second-order valence-electron chi connectivity index (χ2n) is 7.51. The highest BCUT2D eigenvalue weighted by Crippen LogP contribution is 2.42. The van der Waals surface area contributed by atoms with Crippen LogP contribution in [0.4, 0.5) is 5.69 Å². The van der Waals surface area contributed by atoms with Crippen molar-refractivity contribution < 1.29 is 9.47 Å². The van der Waals surface area contributed by atoms with E-state index in [-0.39, 0.29) is 0 Å². The molecule has 0 aliphatic carbocycles. The van der Waals surface area contributed by atoms with Gasteiger partial charge in [-0.1, -0.05) is 24.3 Å². The van der Waals surface area contributed by atoms with E-state index in [9.17, 15) is 0 Å². The summed E-state index contributed by atoms with van der Waals surface area (Å²) in [5.74, 6) is 1.05. The van der Waals surface area contributed by atoms with Gasteiger partial charge in [-0.3, -0.25) is 4.90 Å². The molecule has 0 aromatic heterocycles. The number of nitrogen functional groups attached to an aromatic ring is 1. The first-order chi connectivity index (χ1) is 13.3. The molecule has 2 heterocycles. The van der Waals surface area contributed by atoms with Crippen molar-refractivity contribution in [1.29, 1.82) is 0 Å². The highest BCUT2D eigenvalue weighted by molar-refractivity contribution is 5.55. The number of fused-ring (bicyclic) bond motifs is 4. The fourth-order valence-electron chi connectivity index (χ4n) is 4.45. The molecule has 4 heteroatoms. The lowest BCUT2D eigenvalue weighted by atomic mass is 9.83. The van der Waals surface area contributed by atoms with Gasteiger partial charge in [0.05, 0.1) is 6.61 Å². The van der Waals surface area contributed by atoms with Crippen molar-refractivity contribution in [2.24, 2.45) is 0 Å². The summed E-state index contributed by atoms with van der Waals surface area (Å²) in [6, 6.07) is 13.2. The van der Waals surface area contributed by atoms with Crippen LogP contribution in [-0.4, -0.2) is 31.3 Å². The molecular weight excluding hydrogens is 336 g/mol. The van der Waals surface area contributed by atoms with Crippen molar-refractivity contribution in [3.8, 4) is 5.75 Å². The van der Waals surface area contributed by atoms with E-state index >= 15 is 0 Å². The predicted molar refractivity (Wildman–Crippen MR) is 109 cm³/mol. The molecule has 0 bridgehead atoms. The third kappa shape index (κ3) is 3.83. The number of rotatable bonds is 7. The summed E-state index contributed by atoms with van der Waals surface area (Å²) < 4.78 is 11.6. The van der Waals surface area contributed by atoms with Crippen molar-refractivity contribution >= 4 is 5.69 Å². The maximum absolute atomic E-state index is 6.37. The maximum atomic E-state index is 6.37. The minimum absolute atomic E-state index is 0.366. The Labute approximate surface area is 162 Å². The molecule has 0 radical (unpaired) electrons. The van der Waals surface area contributed by atoms with Gasteiger partial charge < -0.3 is 15.2 Å². The summed E-state index contributed by atoms with van der Waals surface area (Å²) in [6.07, 6.45) is 4.13. The Hall–Kier alpha value is -2.04. The van der Waals surface area contributed by atoms with Gasteiger partial charge in [0.2, 0.25) is 0 Å². The average molecular weight is 367 g/mol. The number of ether oxygens (including phenoxy) is 2. The molecule has 1 atom stereocenters. The zero-order valence-electron chi connectivity index (χ0n) is 16.2.